The Morgan fingerprint density at radius 1 is 0.609 bits per heavy atom. The number of carbonyl (C=O) groups excluding carboxylic acids is 2. The fourth-order valence-electron chi connectivity index (χ4n) is 12.3. The number of benzene rings is 4. The maximum absolute atomic E-state index is 15.1. The third-order valence-electron chi connectivity index (χ3n) is 15.7. The molecular formula is C54H56N4O6. The van der Waals surface area contributed by atoms with Gasteiger partial charge in [-0.3, -0.25) is 29.4 Å². The molecule has 328 valence electrons. The Morgan fingerprint density at radius 3 is 1.45 bits per heavy atom. The second kappa shape index (κ2) is 16.6. The van der Waals surface area contributed by atoms with Crippen molar-refractivity contribution in [3.8, 4) is 23.0 Å². The van der Waals surface area contributed by atoms with Crippen LogP contribution in [0.25, 0.3) is 21.8 Å². The third kappa shape index (κ3) is 6.83. The summed E-state index contributed by atoms with van der Waals surface area (Å²) in [4.78, 5) is 45.0. The predicted molar refractivity (Wildman–Crippen MR) is 247 cm³/mol. The van der Waals surface area contributed by atoms with Crippen molar-refractivity contribution in [3.05, 3.63) is 131 Å². The van der Waals surface area contributed by atoms with E-state index >= 15 is 9.59 Å². The second-order valence-electron chi connectivity index (χ2n) is 18.7. The molecule has 4 aromatic carbocycles. The number of hydrogen-bond donors (Lipinski definition) is 0. The van der Waals surface area contributed by atoms with Crippen molar-refractivity contribution in [1.29, 1.82) is 0 Å². The number of rotatable bonds is 12. The van der Waals surface area contributed by atoms with Crippen LogP contribution in [0, 0.1) is 23.7 Å². The van der Waals surface area contributed by atoms with Gasteiger partial charge in [0.2, 0.25) is 0 Å². The minimum Gasteiger partial charge on any atom is -0.497 e. The van der Waals surface area contributed by atoms with Crippen LogP contribution in [0.5, 0.6) is 23.0 Å². The number of ether oxygens (including phenoxy) is 4. The molecule has 6 fully saturated rings. The van der Waals surface area contributed by atoms with E-state index in [9.17, 15) is 0 Å². The van der Waals surface area contributed by atoms with E-state index in [-0.39, 0.29) is 34.8 Å². The van der Waals surface area contributed by atoms with E-state index in [1.54, 1.807) is 26.4 Å². The molecule has 6 aliphatic heterocycles. The van der Waals surface area contributed by atoms with Gasteiger partial charge in [-0.15, -0.1) is 0 Å². The lowest BCUT2D eigenvalue weighted by molar-refractivity contribution is -0.0493. The molecule has 7 aliphatic rings. The molecule has 0 saturated carbocycles. The summed E-state index contributed by atoms with van der Waals surface area (Å²) in [5.74, 6) is 4.15. The Balaban J connectivity index is 1.07. The zero-order valence-corrected chi connectivity index (χ0v) is 37.2. The van der Waals surface area contributed by atoms with Gasteiger partial charge in [-0.2, -0.15) is 0 Å². The van der Waals surface area contributed by atoms with E-state index in [4.69, 9.17) is 28.9 Å². The number of ketones is 2. The molecule has 4 bridgehead atoms. The van der Waals surface area contributed by atoms with Gasteiger partial charge in [0.05, 0.1) is 48.5 Å². The van der Waals surface area contributed by atoms with Gasteiger partial charge in [0.25, 0.3) is 0 Å². The lowest BCUT2D eigenvalue weighted by atomic mass is 9.72. The predicted octanol–water partition coefficient (Wildman–Crippen LogP) is 10.1. The van der Waals surface area contributed by atoms with E-state index < -0.39 is 12.2 Å². The van der Waals surface area contributed by atoms with Crippen LogP contribution in [0.3, 0.4) is 0 Å². The summed E-state index contributed by atoms with van der Waals surface area (Å²) in [7, 11) is 3.35. The highest BCUT2D eigenvalue weighted by molar-refractivity contribution is 6.30. The maximum atomic E-state index is 15.1. The van der Waals surface area contributed by atoms with Crippen LogP contribution in [-0.2, 0) is 0 Å². The molecule has 6 saturated heterocycles. The summed E-state index contributed by atoms with van der Waals surface area (Å²) in [6.07, 6.45) is 9.30. The summed E-state index contributed by atoms with van der Waals surface area (Å²) in [6.45, 7) is 8.58. The Hall–Kier alpha value is -5.84. The Morgan fingerprint density at radius 2 is 1.06 bits per heavy atom. The quantitative estimate of drug-likeness (QED) is 0.118. The van der Waals surface area contributed by atoms with Gasteiger partial charge < -0.3 is 18.9 Å². The van der Waals surface area contributed by atoms with Crippen molar-refractivity contribution in [2.24, 2.45) is 23.7 Å². The lowest BCUT2D eigenvalue weighted by Gasteiger charge is -2.52. The molecular weight excluding hydrogens is 801 g/mol. The first-order chi connectivity index (χ1) is 31.3. The highest BCUT2D eigenvalue weighted by Gasteiger charge is 2.47. The van der Waals surface area contributed by atoms with Crippen molar-refractivity contribution in [3.63, 3.8) is 0 Å². The summed E-state index contributed by atoms with van der Waals surface area (Å²) >= 11 is 0. The fraction of sp³-hybridized carbons (Fsp3) is 0.407. The SMILES string of the molecule is CCC1CN2CC[C@@H]1CC2C(Oc1ccc(OC(c2ccnc3ccc(OC)cc23)C2C[C@H]3CCN2CC3CC)c2c1C(=O)c1ccccc1C2=O)c1ccnc2ccc(OC)cc12. The molecule has 10 nitrogen and oxygen atoms in total. The van der Waals surface area contributed by atoms with Crippen LogP contribution in [-0.4, -0.2) is 83.8 Å². The molecule has 8 unspecified atom stereocenters. The van der Waals surface area contributed by atoms with Gasteiger partial charge in [0.15, 0.2) is 11.6 Å². The standard InChI is InChI=1S/C54H56N4O6/c1-5-31-29-57-23-19-33(31)25-45(57)53(39-17-21-55-43-13-11-35(61-3)27-41(39)43)63-47-15-16-48(50-49(47)51(59)37-9-7-8-10-38(37)52(50)60)64-54(46-26-34-20-24-58(46)30-32(34)6-2)40-18-22-56-44-14-12-36(62-4)28-42(40)44/h7-18,21-22,27-28,31-34,45-46,53-54H,5-6,19-20,23-26,29-30H2,1-4H3/t31?,32?,33-,34-,45?,46?,53?,54?/m1/s1. The van der Waals surface area contributed by atoms with E-state index in [0.717, 1.165) is 109 Å². The lowest BCUT2D eigenvalue weighted by Crippen LogP contribution is -2.56. The van der Waals surface area contributed by atoms with Gasteiger partial charge in [-0.25, -0.2) is 0 Å². The third-order valence-corrected chi connectivity index (χ3v) is 15.7. The minimum atomic E-state index is -0.475. The van der Waals surface area contributed by atoms with Crippen molar-refractivity contribution in [2.75, 3.05) is 40.4 Å². The highest BCUT2D eigenvalue weighted by atomic mass is 16.5. The number of piperidine rings is 6. The average molecular weight is 857 g/mol. The number of fused-ring (bicyclic) bond motifs is 10. The number of aromatic nitrogens is 2. The van der Waals surface area contributed by atoms with Gasteiger partial charge in [0, 0.05) is 58.5 Å². The van der Waals surface area contributed by atoms with Crippen molar-refractivity contribution in [2.45, 2.75) is 76.7 Å². The fourth-order valence-corrected chi connectivity index (χ4v) is 12.3. The molecule has 8 heterocycles. The molecule has 6 aromatic rings. The van der Waals surface area contributed by atoms with Crippen LogP contribution in [0.4, 0.5) is 0 Å². The molecule has 0 amide bonds. The molecule has 2 aromatic heterocycles. The second-order valence-corrected chi connectivity index (χ2v) is 18.7. The maximum Gasteiger partial charge on any atom is 0.198 e. The summed E-state index contributed by atoms with van der Waals surface area (Å²) < 4.78 is 26.3. The van der Waals surface area contributed by atoms with Gasteiger partial charge >= 0.3 is 0 Å². The largest absolute Gasteiger partial charge is 0.497 e. The number of methoxy groups -OCH3 is 2. The first-order valence-electron chi connectivity index (χ1n) is 23.4. The van der Waals surface area contributed by atoms with E-state index in [1.165, 1.54) is 0 Å². The van der Waals surface area contributed by atoms with Crippen LogP contribution in [0.15, 0.2) is 97.3 Å². The van der Waals surface area contributed by atoms with E-state index in [2.05, 4.69) is 23.6 Å². The zero-order chi connectivity index (χ0) is 43.6. The summed E-state index contributed by atoms with van der Waals surface area (Å²) in [5, 5.41) is 1.88. The van der Waals surface area contributed by atoms with Crippen LogP contribution in [0.2, 0.25) is 0 Å². The first-order valence-corrected chi connectivity index (χ1v) is 23.4. The van der Waals surface area contributed by atoms with Gasteiger partial charge in [-0.05, 0) is 123 Å². The molecule has 0 radical (unpaired) electrons. The van der Waals surface area contributed by atoms with Crippen molar-refractivity contribution >= 4 is 33.4 Å². The molecule has 0 spiro atoms. The molecule has 1 aliphatic carbocycles. The highest BCUT2D eigenvalue weighted by Crippen LogP contribution is 2.49. The Labute approximate surface area is 374 Å². The van der Waals surface area contributed by atoms with Gasteiger partial charge in [0.1, 0.15) is 35.2 Å². The Bertz CT molecular complexity index is 2600. The minimum absolute atomic E-state index is 0.0377. The van der Waals surface area contributed by atoms with Crippen LogP contribution >= 0.6 is 0 Å². The summed E-state index contributed by atoms with van der Waals surface area (Å²) in [5.41, 5.74) is 4.87. The number of carbonyl (C=O) groups is 2. The molecule has 13 rings (SSSR count). The number of nitrogens with zero attached hydrogens (tertiary/aromatic N) is 4. The van der Waals surface area contributed by atoms with Crippen molar-refractivity contribution in [1.82, 2.24) is 19.8 Å². The molecule has 64 heavy (non-hydrogen) atoms. The van der Waals surface area contributed by atoms with E-state index in [1.807, 2.05) is 85.2 Å². The topological polar surface area (TPSA) is 103 Å². The first kappa shape index (κ1) is 40.9. The number of pyridine rings is 2. The van der Waals surface area contributed by atoms with Gasteiger partial charge in [-0.1, -0.05) is 51.0 Å². The zero-order valence-electron chi connectivity index (χ0n) is 37.2. The Kier molecular flexibility index (Phi) is 10.6. The van der Waals surface area contributed by atoms with Crippen molar-refractivity contribution < 1.29 is 28.5 Å². The normalized spacial score (nSPS) is 26.6. The van der Waals surface area contributed by atoms with Crippen LogP contribution in [0.1, 0.15) is 108 Å². The molecule has 10 heteroatoms. The van der Waals surface area contributed by atoms with Crippen LogP contribution < -0.4 is 18.9 Å². The molecule has 0 N–H and O–H groups in total. The monoisotopic (exact) mass is 856 g/mol. The average Bonchev–Trinajstić information content (AvgIpc) is 3.36. The van der Waals surface area contributed by atoms with E-state index in [0.29, 0.717) is 46.3 Å². The number of hydrogen-bond acceptors (Lipinski definition) is 10. The molecule has 10 atom stereocenters. The smallest absolute Gasteiger partial charge is 0.198 e. The summed E-state index contributed by atoms with van der Waals surface area (Å²) in [6, 6.07) is 27.0.